The second kappa shape index (κ2) is 9.44. The van der Waals surface area contributed by atoms with Gasteiger partial charge in [0, 0.05) is 30.4 Å². The van der Waals surface area contributed by atoms with Gasteiger partial charge < -0.3 is 15.6 Å². The smallest absolute Gasteiger partial charge is 0.274 e. The number of H-pyrrole nitrogens is 1. The maximum absolute atomic E-state index is 12.7. The van der Waals surface area contributed by atoms with Gasteiger partial charge in [-0.25, -0.2) is 9.97 Å². The number of hydrogen-bond acceptors (Lipinski definition) is 6. The van der Waals surface area contributed by atoms with Crippen molar-refractivity contribution in [2.24, 2.45) is 0 Å². The van der Waals surface area contributed by atoms with Crippen molar-refractivity contribution in [2.75, 3.05) is 16.9 Å². The minimum atomic E-state index is -0.305. The van der Waals surface area contributed by atoms with Crippen LogP contribution in [0.5, 0.6) is 0 Å². The van der Waals surface area contributed by atoms with Gasteiger partial charge in [-0.15, -0.1) is 0 Å². The molecule has 0 saturated carbocycles. The predicted octanol–water partition coefficient (Wildman–Crippen LogP) is 4.47. The van der Waals surface area contributed by atoms with Crippen LogP contribution in [0.3, 0.4) is 0 Å². The highest BCUT2D eigenvalue weighted by molar-refractivity contribution is 7.98. The number of rotatable bonds is 6. The lowest BCUT2D eigenvalue weighted by atomic mass is 10.0. The Balaban J connectivity index is 1.76. The van der Waals surface area contributed by atoms with E-state index in [-0.39, 0.29) is 11.8 Å². The number of benzene rings is 1. The number of para-hydroxylation sites is 1. The highest BCUT2D eigenvalue weighted by Crippen LogP contribution is 2.36. The van der Waals surface area contributed by atoms with E-state index in [9.17, 15) is 9.59 Å². The molecule has 0 fully saturated rings. The van der Waals surface area contributed by atoms with Crippen LogP contribution in [0.2, 0.25) is 0 Å². The molecule has 3 heterocycles. The van der Waals surface area contributed by atoms with E-state index in [1.54, 1.807) is 36.7 Å². The maximum atomic E-state index is 12.7. The monoisotopic (exact) mass is 444 g/mol. The SMILES string of the molecule is CSc1nc(-c2ccnc(NC(C)=O)c2)c(-c2ccccc2NC(=O)c2ccccn2)[nH]1. The fourth-order valence-corrected chi connectivity index (χ4v) is 3.56. The van der Waals surface area contributed by atoms with Crippen molar-refractivity contribution in [3.63, 3.8) is 0 Å². The first-order valence-electron chi connectivity index (χ1n) is 9.75. The van der Waals surface area contributed by atoms with E-state index in [0.717, 1.165) is 22.0 Å². The second-order valence-corrected chi connectivity index (χ2v) is 7.59. The molecule has 9 heteroatoms. The summed E-state index contributed by atoms with van der Waals surface area (Å²) < 4.78 is 0. The first-order chi connectivity index (χ1) is 15.5. The van der Waals surface area contributed by atoms with Crippen LogP contribution in [0.15, 0.2) is 72.1 Å². The van der Waals surface area contributed by atoms with Crippen molar-refractivity contribution in [3.05, 3.63) is 72.7 Å². The molecule has 0 unspecified atom stereocenters. The summed E-state index contributed by atoms with van der Waals surface area (Å²) in [5.41, 5.74) is 3.93. The molecular formula is C23H20N6O2S. The molecule has 0 saturated heterocycles. The zero-order valence-electron chi connectivity index (χ0n) is 17.4. The molecule has 0 spiro atoms. The topological polar surface area (TPSA) is 113 Å². The fraction of sp³-hybridized carbons (Fsp3) is 0.0870. The summed E-state index contributed by atoms with van der Waals surface area (Å²) in [6.45, 7) is 1.43. The Kier molecular flexibility index (Phi) is 6.27. The van der Waals surface area contributed by atoms with E-state index >= 15 is 0 Å². The van der Waals surface area contributed by atoms with E-state index < -0.39 is 0 Å². The number of nitrogens with zero attached hydrogens (tertiary/aromatic N) is 3. The molecule has 32 heavy (non-hydrogen) atoms. The Morgan fingerprint density at radius 2 is 1.78 bits per heavy atom. The van der Waals surface area contributed by atoms with Gasteiger partial charge in [0.15, 0.2) is 5.16 Å². The van der Waals surface area contributed by atoms with Gasteiger partial charge in [-0.1, -0.05) is 36.0 Å². The van der Waals surface area contributed by atoms with E-state index in [1.807, 2.05) is 36.6 Å². The lowest BCUT2D eigenvalue weighted by Gasteiger charge is -2.11. The molecular weight excluding hydrogens is 424 g/mol. The van der Waals surface area contributed by atoms with Gasteiger partial charge in [-0.05, 0) is 36.6 Å². The molecule has 8 nitrogen and oxygen atoms in total. The van der Waals surface area contributed by atoms with Crippen LogP contribution in [-0.2, 0) is 4.79 Å². The largest absolute Gasteiger partial charge is 0.332 e. The van der Waals surface area contributed by atoms with Crippen LogP contribution in [-0.4, -0.2) is 38.0 Å². The molecule has 0 aliphatic carbocycles. The number of anilines is 2. The Morgan fingerprint density at radius 3 is 2.53 bits per heavy atom. The van der Waals surface area contributed by atoms with Gasteiger partial charge in [0.1, 0.15) is 11.5 Å². The summed E-state index contributed by atoms with van der Waals surface area (Å²) in [6, 6.07) is 16.3. The number of pyridine rings is 2. The Labute approximate surface area is 188 Å². The van der Waals surface area contributed by atoms with Crippen molar-refractivity contribution in [1.29, 1.82) is 0 Å². The lowest BCUT2D eigenvalue weighted by molar-refractivity contribution is -0.114. The number of imidazole rings is 1. The zero-order chi connectivity index (χ0) is 22.5. The molecule has 3 N–H and O–H groups in total. The van der Waals surface area contributed by atoms with E-state index in [2.05, 4.69) is 25.6 Å². The number of nitrogens with one attached hydrogen (secondary N) is 3. The third-order valence-corrected chi connectivity index (χ3v) is 5.14. The molecule has 1 aromatic carbocycles. The molecule has 0 aliphatic rings. The zero-order valence-corrected chi connectivity index (χ0v) is 18.2. The van der Waals surface area contributed by atoms with Gasteiger partial charge in [0.05, 0.1) is 17.1 Å². The van der Waals surface area contributed by atoms with Gasteiger partial charge in [-0.3, -0.25) is 14.6 Å². The minimum Gasteiger partial charge on any atom is -0.332 e. The van der Waals surface area contributed by atoms with Crippen molar-refractivity contribution in [1.82, 2.24) is 19.9 Å². The number of amides is 2. The molecule has 4 aromatic rings. The minimum absolute atomic E-state index is 0.204. The normalized spacial score (nSPS) is 10.6. The summed E-state index contributed by atoms with van der Waals surface area (Å²) in [7, 11) is 0. The first kappa shape index (κ1) is 21.3. The number of hydrogen-bond donors (Lipinski definition) is 3. The molecule has 4 rings (SSSR count). The van der Waals surface area contributed by atoms with Crippen molar-refractivity contribution < 1.29 is 9.59 Å². The summed E-state index contributed by atoms with van der Waals surface area (Å²) in [5, 5.41) is 6.36. The van der Waals surface area contributed by atoms with E-state index in [0.29, 0.717) is 22.9 Å². The number of thioether (sulfide) groups is 1. The molecule has 160 valence electrons. The third-order valence-electron chi connectivity index (χ3n) is 4.56. The molecule has 0 aliphatic heterocycles. The Hall–Kier alpha value is -3.98. The lowest BCUT2D eigenvalue weighted by Crippen LogP contribution is -2.14. The molecule has 0 bridgehead atoms. The molecule has 3 aromatic heterocycles. The first-order valence-corrected chi connectivity index (χ1v) is 11.0. The summed E-state index contributed by atoms with van der Waals surface area (Å²) in [6.07, 6.45) is 5.12. The standard InChI is InChI=1S/C23H20N6O2S/c1-14(30)26-19-13-15(10-12-25-19)20-21(29-23(28-20)32-2)16-7-3-4-8-17(16)27-22(31)18-9-5-6-11-24-18/h3-13H,1-2H3,(H,27,31)(H,28,29)(H,25,26,30). The molecule has 0 atom stereocenters. The van der Waals surface area contributed by atoms with E-state index in [4.69, 9.17) is 4.98 Å². The number of aromatic nitrogens is 4. The second-order valence-electron chi connectivity index (χ2n) is 6.80. The Bertz CT molecular complexity index is 1270. The van der Waals surface area contributed by atoms with Crippen LogP contribution in [0.25, 0.3) is 22.5 Å². The third kappa shape index (κ3) is 4.68. The van der Waals surface area contributed by atoms with Gasteiger partial charge >= 0.3 is 0 Å². The number of carbonyl (C=O) groups is 2. The van der Waals surface area contributed by atoms with Crippen LogP contribution in [0, 0.1) is 0 Å². The van der Waals surface area contributed by atoms with Crippen molar-refractivity contribution in [3.8, 4) is 22.5 Å². The van der Waals surface area contributed by atoms with Gasteiger partial charge in [0.25, 0.3) is 5.91 Å². The fourth-order valence-electron chi connectivity index (χ4n) is 3.17. The molecule has 0 radical (unpaired) electrons. The average molecular weight is 445 g/mol. The van der Waals surface area contributed by atoms with Crippen LogP contribution >= 0.6 is 11.8 Å². The predicted molar refractivity (Wildman–Crippen MR) is 126 cm³/mol. The summed E-state index contributed by atoms with van der Waals surface area (Å²) in [4.78, 5) is 40.5. The van der Waals surface area contributed by atoms with Gasteiger partial charge in [0.2, 0.25) is 5.91 Å². The van der Waals surface area contributed by atoms with Crippen LogP contribution in [0.1, 0.15) is 17.4 Å². The van der Waals surface area contributed by atoms with Crippen molar-refractivity contribution >= 4 is 35.1 Å². The quantitative estimate of drug-likeness (QED) is 0.378. The van der Waals surface area contributed by atoms with E-state index in [1.165, 1.54) is 18.7 Å². The highest BCUT2D eigenvalue weighted by Gasteiger charge is 2.19. The van der Waals surface area contributed by atoms with Gasteiger partial charge in [-0.2, -0.15) is 0 Å². The average Bonchev–Trinajstić information content (AvgIpc) is 3.24. The Morgan fingerprint density at radius 1 is 0.969 bits per heavy atom. The van der Waals surface area contributed by atoms with Crippen LogP contribution < -0.4 is 10.6 Å². The van der Waals surface area contributed by atoms with Crippen molar-refractivity contribution in [2.45, 2.75) is 12.1 Å². The molecule has 2 amide bonds. The maximum Gasteiger partial charge on any atom is 0.274 e. The van der Waals surface area contributed by atoms with Crippen LogP contribution in [0.4, 0.5) is 11.5 Å². The highest BCUT2D eigenvalue weighted by atomic mass is 32.2. The summed E-state index contributed by atoms with van der Waals surface area (Å²) >= 11 is 1.48. The summed E-state index contributed by atoms with van der Waals surface area (Å²) in [5.74, 6) is -0.0725. The number of aromatic amines is 1. The number of carbonyl (C=O) groups excluding carboxylic acids is 2.